The van der Waals surface area contributed by atoms with Crippen molar-refractivity contribution < 1.29 is 19.1 Å². The molecule has 1 aliphatic rings. The van der Waals surface area contributed by atoms with E-state index in [0.29, 0.717) is 28.3 Å². The van der Waals surface area contributed by atoms with Crippen molar-refractivity contribution in [2.24, 2.45) is 0 Å². The predicted octanol–water partition coefficient (Wildman–Crippen LogP) is 3.97. The van der Waals surface area contributed by atoms with E-state index in [1.807, 2.05) is 18.7 Å². The molecule has 2 amide bonds. The summed E-state index contributed by atoms with van der Waals surface area (Å²) in [6.07, 6.45) is 2.13. The first-order chi connectivity index (χ1) is 13.5. The third-order valence-corrected chi connectivity index (χ3v) is 4.57. The lowest BCUT2D eigenvalue weighted by Crippen LogP contribution is -2.27. The van der Waals surface area contributed by atoms with Crippen LogP contribution in [0.3, 0.4) is 0 Å². The Hall–Kier alpha value is -3.02. The van der Waals surface area contributed by atoms with Gasteiger partial charge in [-0.15, -0.1) is 0 Å². The van der Waals surface area contributed by atoms with Crippen LogP contribution in [-0.4, -0.2) is 43.0 Å². The molecule has 1 fully saturated rings. The van der Waals surface area contributed by atoms with Gasteiger partial charge >= 0.3 is 0 Å². The quantitative estimate of drug-likeness (QED) is 0.821. The number of likely N-dealkylation sites (tertiary alicyclic amines) is 1. The van der Waals surface area contributed by atoms with Gasteiger partial charge in [-0.1, -0.05) is 0 Å². The van der Waals surface area contributed by atoms with Gasteiger partial charge in [0, 0.05) is 29.9 Å². The number of rotatable bonds is 6. The van der Waals surface area contributed by atoms with E-state index in [2.05, 4.69) is 5.32 Å². The number of carbonyl (C=O) groups excluding carboxylic acids is 2. The summed E-state index contributed by atoms with van der Waals surface area (Å²) in [6, 6.07) is 12.1. The SMILES string of the molecule is COc1cc(C(=O)Nc2ccc(C(=O)N3CCCC3)cc2)ccc1OC(C)C. The van der Waals surface area contributed by atoms with E-state index in [0.717, 1.165) is 25.9 Å². The molecule has 2 aromatic rings. The number of anilines is 1. The monoisotopic (exact) mass is 382 g/mol. The summed E-state index contributed by atoms with van der Waals surface area (Å²) in [6.45, 7) is 5.49. The Morgan fingerprint density at radius 3 is 2.21 bits per heavy atom. The maximum Gasteiger partial charge on any atom is 0.255 e. The Bertz CT molecular complexity index is 840. The molecule has 148 valence electrons. The fraction of sp³-hybridized carbons (Fsp3) is 0.364. The minimum Gasteiger partial charge on any atom is -0.493 e. The standard InChI is InChI=1S/C22H26N2O4/c1-15(2)28-19-11-8-17(14-20(19)27-3)21(25)23-18-9-6-16(7-10-18)22(26)24-12-4-5-13-24/h6-11,14-15H,4-5,12-13H2,1-3H3,(H,23,25). The Labute approximate surface area is 165 Å². The summed E-state index contributed by atoms with van der Waals surface area (Å²) in [7, 11) is 1.54. The van der Waals surface area contributed by atoms with E-state index in [1.165, 1.54) is 0 Å². The number of hydrogen-bond acceptors (Lipinski definition) is 4. The molecule has 0 saturated carbocycles. The fourth-order valence-electron chi connectivity index (χ4n) is 3.16. The largest absolute Gasteiger partial charge is 0.493 e. The Balaban J connectivity index is 1.68. The summed E-state index contributed by atoms with van der Waals surface area (Å²) < 4.78 is 11.0. The molecular weight excluding hydrogens is 356 g/mol. The molecule has 2 aromatic carbocycles. The number of ether oxygens (including phenoxy) is 2. The summed E-state index contributed by atoms with van der Waals surface area (Å²) in [5.74, 6) is 0.889. The van der Waals surface area contributed by atoms with Crippen molar-refractivity contribution in [1.29, 1.82) is 0 Å². The second-order valence-electron chi connectivity index (χ2n) is 7.06. The molecule has 0 atom stereocenters. The van der Waals surface area contributed by atoms with Gasteiger partial charge in [-0.05, 0) is 69.2 Å². The van der Waals surface area contributed by atoms with E-state index < -0.39 is 0 Å². The van der Waals surface area contributed by atoms with Crippen molar-refractivity contribution in [1.82, 2.24) is 4.90 Å². The van der Waals surface area contributed by atoms with Crippen LogP contribution in [0.4, 0.5) is 5.69 Å². The lowest BCUT2D eigenvalue weighted by molar-refractivity contribution is 0.0792. The predicted molar refractivity (Wildman–Crippen MR) is 108 cm³/mol. The molecule has 0 radical (unpaired) electrons. The van der Waals surface area contributed by atoms with Crippen LogP contribution in [0.1, 0.15) is 47.4 Å². The Kier molecular flexibility index (Phi) is 6.19. The molecule has 0 aliphatic carbocycles. The van der Waals surface area contributed by atoms with Crippen LogP contribution in [0.2, 0.25) is 0 Å². The molecule has 0 bridgehead atoms. The number of nitrogens with zero attached hydrogens (tertiary/aromatic N) is 1. The number of carbonyl (C=O) groups is 2. The van der Waals surface area contributed by atoms with Gasteiger partial charge in [0.15, 0.2) is 11.5 Å². The Morgan fingerprint density at radius 1 is 0.964 bits per heavy atom. The number of nitrogens with one attached hydrogen (secondary N) is 1. The molecule has 0 unspecified atom stereocenters. The van der Waals surface area contributed by atoms with Gasteiger partial charge in [0.25, 0.3) is 11.8 Å². The molecule has 0 spiro atoms. The highest BCUT2D eigenvalue weighted by Crippen LogP contribution is 2.29. The third kappa shape index (κ3) is 4.63. The average Bonchev–Trinajstić information content (AvgIpc) is 3.22. The lowest BCUT2D eigenvalue weighted by Gasteiger charge is -2.16. The van der Waals surface area contributed by atoms with Gasteiger partial charge in [-0.2, -0.15) is 0 Å². The Morgan fingerprint density at radius 2 is 1.61 bits per heavy atom. The first-order valence-electron chi connectivity index (χ1n) is 9.53. The van der Waals surface area contributed by atoms with Crippen molar-refractivity contribution in [3.05, 3.63) is 53.6 Å². The van der Waals surface area contributed by atoms with E-state index in [9.17, 15) is 9.59 Å². The third-order valence-electron chi connectivity index (χ3n) is 4.57. The van der Waals surface area contributed by atoms with Crippen molar-refractivity contribution in [3.63, 3.8) is 0 Å². The number of amides is 2. The molecule has 6 heteroatoms. The van der Waals surface area contributed by atoms with Gasteiger partial charge in [-0.3, -0.25) is 9.59 Å². The average molecular weight is 382 g/mol. The van der Waals surface area contributed by atoms with Crippen molar-refractivity contribution in [2.45, 2.75) is 32.8 Å². The van der Waals surface area contributed by atoms with E-state index >= 15 is 0 Å². The zero-order chi connectivity index (χ0) is 20.1. The number of hydrogen-bond donors (Lipinski definition) is 1. The fourth-order valence-corrected chi connectivity index (χ4v) is 3.16. The normalized spacial score (nSPS) is 13.5. The first-order valence-corrected chi connectivity index (χ1v) is 9.53. The van der Waals surface area contributed by atoms with E-state index in [-0.39, 0.29) is 17.9 Å². The van der Waals surface area contributed by atoms with Gasteiger partial charge in [0.2, 0.25) is 0 Å². The molecule has 1 heterocycles. The van der Waals surface area contributed by atoms with E-state index in [4.69, 9.17) is 9.47 Å². The first kappa shape index (κ1) is 19.7. The van der Waals surface area contributed by atoms with Crippen LogP contribution in [-0.2, 0) is 0 Å². The number of methoxy groups -OCH3 is 1. The topological polar surface area (TPSA) is 67.9 Å². The van der Waals surface area contributed by atoms with Crippen LogP contribution < -0.4 is 14.8 Å². The van der Waals surface area contributed by atoms with Crippen LogP contribution in [0.15, 0.2) is 42.5 Å². The van der Waals surface area contributed by atoms with Gasteiger partial charge in [0.1, 0.15) is 0 Å². The molecule has 6 nitrogen and oxygen atoms in total. The van der Waals surface area contributed by atoms with Gasteiger partial charge in [-0.25, -0.2) is 0 Å². The summed E-state index contributed by atoms with van der Waals surface area (Å²) in [5, 5.41) is 2.85. The van der Waals surface area contributed by atoms with Gasteiger partial charge in [0.05, 0.1) is 13.2 Å². The molecule has 1 aliphatic heterocycles. The highest BCUT2D eigenvalue weighted by molar-refractivity contribution is 6.05. The minimum atomic E-state index is -0.256. The van der Waals surface area contributed by atoms with Crippen LogP contribution in [0.5, 0.6) is 11.5 Å². The smallest absolute Gasteiger partial charge is 0.255 e. The van der Waals surface area contributed by atoms with Crippen molar-refractivity contribution >= 4 is 17.5 Å². The van der Waals surface area contributed by atoms with Crippen molar-refractivity contribution in [3.8, 4) is 11.5 Å². The van der Waals surface area contributed by atoms with Crippen LogP contribution in [0.25, 0.3) is 0 Å². The van der Waals surface area contributed by atoms with Crippen LogP contribution in [0, 0.1) is 0 Å². The molecule has 28 heavy (non-hydrogen) atoms. The summed E-state index contributed by atoms with van der Waals surface area (Å²) in [4.78, 5) is 26.8. The molecular formula is C22H26N2O4. The lowest BCUT2D eigenvalue weighted by atomic mass is 10.1. The second-order valence-corrected chi connectivity index (χ2v) is 7.06. The highest BCUT2D eigenvalue weighted by atomic mass is 16.5. The van der Waals surface area contributed by atoms with Crippen molar-refractivity contribution in [2.75, 3.05) is 25.5 Å². The second kappa shape index (κ2) is 8.78. The number of benzene rings is 2. The van der Waals surface area contributed by atoms with E-state index in [1.54, 1.807) is 49.6 Å². The summed E-state index contributed by atoms with van der Waals surface area (Å²) >= 11 is 0. The zero-order valence-electron chi connectivity index (χ0n) is 16.5. The van der Waals surface area contributed by atoms with Crippen LogP contribution >= 0.6 is 0 Å². The zero-order valence-corrected chi connectivity index (χ0v) is 16.5. The summed E-state index contributed by atoms with van der Waals surface area (Å²) in [5.41, 5.74) is 1.73. The maximum absolute atomic E-state index is 12.6. The highest BCUT2D eigenvalue weighted by Gasteiger charge is 2.19. The molecule has 0 aromatic heterocycles. The molecule has 1 saturated heterocycles. The maximum atomic E-state index is 12.6. The van der Waals surface area contributed by atoms with Gasteiger partial charge < -0.3 is 19.7 Å². The molecule has 1 N–H and O–H groups in total. The molecule has 3 rings (SSSR count). The minimum absolute atomic E-state index is 0.00959.